The molecule has 2 amide bonds. The maximum Gasteiger partial charge on any atom is 0.414 e. The van der Waals surface area contributed by atoms with Gasteiger partial charge in [0.25, 0.3) is 0 Å². The Kier molecular flexibility index (Phi) is 7.42. The van der Waals surface area contributed by atoms with Crippen LogP contribution in [0.25, 0.3) is 0 Å². The summed E-state index contributed by atoms with van der Waals surface area (Å²) in [4.78, 5) is 36.6. The number of carbonyl (C=O) groups excluding carboxylic acids is 3. The number of alkyl carbamates (subject to hydrolysis) is 1. The molecular formula is C25H39NO7. The van der Waals surface area contributed by atoms with E-state index in [1.165, 1.54) is 5.57 Å². The predicted octanol–water partition coefficient (Wildman–Crippen LogP) is 3.71. The molecule has 0 bridgehead atoms. The Labute approximate surface area is 196 Å². The van der Waals surface area contributed by atoms with Gasteiger partial charge in [-0.15, -0.1) is 0 Å². The Hall–Kier alpha value is -1.77. The number of methoxy groups -OCH3 is 1. The number of hydrogen-bond donors (Lipinski definition) is 1. The summed E-state index contributed by atoms with van der Waals surface area (Å²) in [6.07, 6.45) is 2.63. The summed E-state index contributed by atoms with van der Waals surface area (Å²) >= 11 is 0. The van der Waals surface area contributed by atoms with Crippen molar-refractivity contribution in [1.29, 1.82) is 0 Å². The minimum absolute atomic E-state index is 0.0318. The molecule has 3 rings (SSSR count). The minimum Gasteiger partial charge on any atom is -0.443 e. The fraction of sp³-hybridized carbons (Fsp3) is 0.800. The summed E-state index contributed by atoms with van der Waals surface area (Å²) in [6, 6.07) is 0. The fourth-order valence-electron chi connectivity index (χ4n) is 5.02. The van der Waals surface area contributed by atoms with Crippen LogP contribution in [0.3, 0.4) is 0 Å². The van der Waals surface area contributed by atoms with Gasteiger partial charge in [-0.1, -0.05) is 32.4 Å². The summed E-state index contributed by atoms with van der Waals surface area (Å²) in [7, 11) is 1.60. The van der Waals surface area contributed by atoms with Gasteiger partial charge in [-0.25, -0.2) is 4.79 Å². The van der Waals surface area contributed by atoms with Crippen molar-refractivity contribution in [3.8, 4) is 0 Å². The molecule has 1 spiro atoms. The van der Waals surface area contributed by atoms with E-state index in [9.17, 15) is 14.4 Å². The molecule has 0 aromatic rings. The first-order chi connectivity index (χ1) is 15.3. The third-order valence-corrected chi connectivity index (χ3v) is 7.15. The second-order valence-corrected chi connectivity index (χ2v) is 11.0. The van der Waals surface area contributed by atoms with E-state index >= 15 is 0 Å². The molecule has 0 unspecified atom stereocenters. The van der Waals surface area contributed by atoms with Crippen LogP contribution in [0, 0.1) is 11.3 Å². The Morgan fingerprint density at radius 1 is 1.18 bits per heavy atom. The van der Waals surface area contributed by atoms with Crippen molar-refractivity contribution in [2.75, 3.05) is 13.7 Å². The predicted molar refractivity (Wildman–Crippen MR) is 122 cm³/mol. The van der Waals surface area contributed by atoms with Crippen molar-refractivity contribution in [3.05, 3.63) is 11.6 Å². The van der Waals surface area contributed by atoms with Crippen LogP contribution in [-0.2, 0) is 28.5 Å². The Morgan fingerprint density at radius 2 is 1.85 bits per heavy atom. The van der Waals surface area contributed by atoms with Gasteiger partial charge in [-0.2, -0.15) is 0 Å². The zero-order chi connectivity index (χ0) is 24.6. The van der Waals surface area contributed by atoms with Crippen LogP contribution < -0.4 is 5.32 Å². The summed E-state index contributed by atoms with van der Waals surface area (Å²) in [5, 5.41) is 2.25. The van der Waals surface area contributed by atoms with Gasteiger partial charge in [0.2, 0.25) is 5.91 Å². The van der Waals surface area contributed by atoms with E-state index in [4.69, 9.17) is 18.9 Å². The van der Waals surface area contributed by atoms with E-state index in [-0.39, 0.29) is 36.2 Å². The number of amides is 2. The highest BCUT2D eigenvalue weighted by Gasteiger charge is 2.72. The van der Waals surface area contributed by atoms with Gasteiger partial charge in [0.1, 0.15) is 29.2 Å². The standard InChI is InChI=1S/C25H39NO7/c1-15(2)8-10-18-24(6,33-18)21-20(30-7)16(12-13-25(21)14-31-25)32-22(29)26-19(28)11-9-17(27)23(3,4)5/h8,16,18,20-21H,9-14H2,1-7H3,(H,26,28,29)/t16-,18-,20-,21-,24-,25+/m1/s1. The highest BCUT2D eigenvalue weighted by Crippen LogP contribution is 2.59. The number of ketones is 1. The average Bonchev–Trinajstić information content (AvgIpc) is 3.62. The number of rotatable bonds is 8. The van der Waals surface area contributed by atoms with Crippen LogP contribution >= 0.6 is 0 Å². The minimum atomic E-state index is -0.815. The van der Waals surface area contributed by atoms with Gasteiger partial charge in [-0.05, 0) is 40.0 Å². The van der Waals surface area contributed by atoms with E-state index in [1.54, 1.807) is 27.9 Å². The molecule has 2 heterocycles. The van der Waals surface area contributed by atoms with Crippen LogP contribution in [0.2, 0.25) is 0 Å². The number of allylic oxidation sites excluding steroid dienone is 1. The number of ether oxygens (including phenoxy) is 4. The number of hydrogen-bond acceptors (Lipinski definition) is 7. The zero-order valence-corrected chi connectivity index (χ0v) is 21.0. The lowest BCUT2D eigenvalue weighted by Gasteiger charge is -2.42. The first-order valence-electron chi connectivity index (χ1n) is 11.8. The summed E-state index contributed by atoms with van der Waals surface area (Å²) in [5.41, 5.74) is -0.0159. The Morgan fingerprint density at radius 3 is 2.39 bits per heavy atom. The van der Waals surface area contributed by atoms with Crippen LogP contribution in [0.5, 0.6) is 0 Å². The molecule has 0 radical (unpaired) electrons. The number of epoxide rings is 2. The van der Waals surface area contributed by atoms with Crippen molar-refractivity contribution in [2.24, 2.45) is 11.3 Å². The van der Waals surface area contributed by atoms with E-state index in [0.717, 1.165) is 12.8 Å². The van der Waals surface area contributed by atoms with Gasteiger partial charge in [0.15, 0.2) is 0 Å². The highest BCUT2D eigenvalue weighted by molar-refractivity contribution is 5.94. The molecule has 3 aliphatic rings. The molecule has 8 nitrogen and oxygen atoms in total. The molecular weight excluding hydrogens is 426 g/mol. The van der Waals surface area contributed by atoms with Gasteiger partial charge in [0, 0.05) is 25.4 Å². The average molecular weight is 466 g/mol. The quantitative estimate of drug-likeness (QED) is 0.430. The van der Waals surface area contributed by atoms with E-state index in [1.807, 2.05) is 0 Å². The number of Topliss-reactive ketones (excluding diaryl/α,β-unsaturated/α-hetero) is 1. The fourth-order valence-corrected chi connectivity index (χ4v) is 5.02. The van der Waals surface area contributed by atoms with Crippen LogP contribution in [0.4, 0.5) is 4.79 Å². The molecule has 1 aliphatic carbocycles. The second kappa shape index (κ2) is 9.47. The lowest BCUT2D eigenvalue weighted by Crippen LogP contribution is -2.56. The van der Waals surface area contributed by atoms with Crippen molar-refractivity contribution < 1.29 is 33.3 Å². The second-order valence-electron chi connectivity index (χ2n) is 11.0. The molecule has 6 atom stereocenters. The molecule has 8 heteroatoms. The zero-order valence-electron chi connectivity index (χ0n) is 21.0. The van der Waals surface area contributed by atoms with Gasteiger partial charge in [-0.3, -0.25) is 14.9 Å². The lowest BCUT2D eigenvalue weighted by atomic mass is 9.68. The van der Waals surface area contributed by atoms with Crippen LogP contribution in [0.1, 0.15) is 73.6 Å². The molecule has 33 heavy (non-hydrogen) atoms. The van der Waals surface area contributed by atoms with Crippen molar-refractivity contribution >= 4 is 17.8 Å². The molecule has 1 N–H and O–H groups in total. The van der Waals surface area contributed by atoms with Gasteiger partial charge < -0.3 is 18.9 Å². The number of carbonyl (C=O) groups is 3. The van der Waals surface area contributed by atoms with Crippen molar-refractivity contribution in [3.63, 3.8) is 0 Å². The monoisotopic (exact) mass is 465 g/mol. The van der Waals surface area contributed by atoms with Crippen LogP contribution in [-0.4, -0.2) is 61.0 Å². The summed E-state index contributed by atoms with van der Waals surface area (Å²) in [6.45, 7) is 12.3. The first kappa shape index (κ1) is 25.8. The number of imide groups is 1. The van der Waals surface area contributed by atoms with E-state index in [0.29, 0.717) is 13.0 Å². The van der Waals surface area contributed by atoms with Crippen molar-refractivity contribution in [2.45, 2.75) is 103 Å². The SMILES string of the molecule is CO[C@@H]1[C@H](OC(=O)NC(=O)CCC(=O)C(C)(C)C)CC[C@]2(CO2)[C@H]1[C@]1(C)O[C@@H]1CC=C(C)C. The first-order valence-corrected chi connectivity index (χ1v) is 11.8. The van der Waals surface area contributed by atoms with E-state index < -0.39 is 35.2 Å². The third kappa shape index (κ3) is 5.84. The normalized spacial score (nSPS) is 35.0. The van der Waals surface area contributed by atoms with Gasteiger partial charge >= 0.3 is 6.09 Å². The third-order valence-electron chi connectivity index (χ3n) is 7.15. The molecule has 2 saturated heterocycles. The maximum atomic E-state index is 12.5. The van der Waals surface area contributed by atoms with Gasteiger partial charge in [0.05, 0.1) is 18.6 Å². The highest BCUT2D eigenvalue weighted by atomic mass is 16.6. The Balaban J connectivity index is 1.60. The largest absolute Gasteiger partial charge is 0.443 e. The molecule has 3 fully saturated rings. The summed E-state index contributed by atoms with van der Waals surface area (Å²) in [5.74, 6) is -0.645. The lowest BCUT2D eigenvalue weighted by molar-refractivity contribution is -0.130. The van der Waals surface area contributed by atoms with Crippen LogP contribution in [0.15, 0.2) is 11.6 Å². The molecule has 186 valence electrons. The van der Waals surface area contributed by atoms with Crippen molar-refractivity contribution in [1.82, 2.24) is 5.32 Å². The maximum absolute atomic E-state index is 12.5. The topological polar surface area (TPSA) is 107 Å². The molecule has 0 aromatic heterocycles. The summed E-state index contributed by atoms with van der Waals surface area (Å²) < 4.78 is 23.5. The molecule has 0 aromatic carbocycles. The molecule has 1 saturated carbocycles. The number of nitrogens with one attached hydrogen (secondary N) is 1. The molecule has 2 aliphatic heterocycles. The smallest absolute Gasteiger partial charge is 0.414 e. The van der Waals surface area contributed by atoms with E-state index in [2.05, 4.69) is 32.2 Å². The Bertz CT molecular complexity index is 806.